The van der Waals surface area contributed by atoms with Crippen molar-refractivity contribution in [1.82, 2.24) is 15.5 Å². The van der Waals surface area contributed by atoms with E-state index in [1.165, 1.54) is 24.3 Å². The van der Waals surface area contributed by atoms with Crippen molar-refractivity contribution in [2.45, 2.75) is 33.0 Å². The van der Waals surface area contributed by atoms with Crippen LogP contribution in [0, 0.1) is 5.41 Å². The third-order valence-corrected chi connectivity index (χ3v) is 6.35. The van der Waals surface area contributed by atoms with E-state index in [1.54, 1.807) is 24.1 Å². The molecule has 2 rings (SSSR count). The van der Waals surface area contributed by atoms with Gasteiger partial charge < -0.3 is 30.7 Å². The molecule has 0 radical (unpaired) electrons. The van der Waals surface area contributed by atoms with Gasteiger partial charge in [-0.1, -0.05) is 31.5 Å². The summed E-state index contributed by atoms with van der Waals surface area (Å²) in [6, 6.07) is 10.6. The summed E-state index contributed by atoms with van der Waals surface area (Å²) in [7, 11) is 1.69. The van der Waals surface area contributed by atoms with Gasteiger partial charge in [-0.3, -0.25) is 14.6 Å². The molecule has 0 unspecified atom stereocenters. The molecular formula is C30H39ClF3N7O4. The Kier molecular flexibility index (Phi) is 14.8. The summed E-state index contributed by atoms with van der Waals surface area (Å²) in [5.74, 6) is 0.0741. The monoisotopic (exact) mass is 653 g/mol. The van der Waals surface area contributed by atoms with Crippen LogP contribution in [-0.4, -0.2) is 88.4 Å². The molecule has 0 atom stereocenters. The maximum Gasteiger partial charge on any atom is 0.422 e. The Bertz CT molecular complexity index is 1340. The molecule has 246 valence electrons. The molecule has 0 aliphatic carbocycles. The summed E-state index contributed by atoms with van der Waals surface area (Å²) < 4.78 is 47.8. The number of amides is 2. The van der Waals surface area contributed by atoms with Crippen LogP contribution in [0.5, 0.6) is 5.75 Å². The molecule has 0 saturated heterocycles. The van der Waals surface area contributed by atoms with Crippen LogP contribution in [0.25, 0.3) is 0 Å². The fraction of sp³-hybridized carbons (Fsp3) is 0.433. The van der Waals surface area contributed by atoms with Crippen molar-refractivity contribution in [3.63, 3.8) is 0 Å². The largest absolute Gasteiger partial charge is 0.492 e. The minimum absolute atomic E-state index is 0.0927. The third-order valence-electron chi connectivity index (χ3n) is 6.05. The molecule has 0 aliphatic rings. The second-order valence-corrected chi connectivity index (χ2v) is 11.1. The summed E-state index contributed by atoms with van der Waals surface area (Å²) in [5, 5.41) is 6.22. The summed E-state index contributed by atoms with van der Waals surface area (Å²) in [6.07, 6.45) is -3.25. The molecule has 2 aromatic carbocycles. The van der Waals surface area contributed by atoms with Crippen LogP contribution in [0.15, 0.2) is 57.4 Å². The van der Waals surface area contributed by atoms with E-state index in [2.05, 4.69) is 37.1 Å². The van der Waals surface area contributed by atoms with Gasteiger partial charge in [-0.15, -0.1) is 0 Å². The average Bonchev–Trinajstić information content (AvgIpc) is 2.97. The Balaban J connectivity index is 1.95. The summed E-state index contributed by atoms with van der Waals surface area (Å²) >= 11 is 6.31. The summed E-state index contributed by atoms with van der Waals surface area (Å²) in [5.41, 5.74) is 6.10. The predicted octanol–water partition coefficient (Wildman–Crippen LogP) is 4.37. The highest BCUT2D eigenvalue weighted by Crippen LogP contribution is 2.26. The minimum Gasteiger partial charge on any atom is -0.492 e. The average molecular weight is 654 g/mol. The van der Waals surface area contributed by atoms with E-state index in [9.17, 15) is 22.8 Å². The molecule has 45 heavy (non-hydrogen) atoms. The molecule has 0 bridgehead atoms. The topological polar surface area (TPSA) is 143 Å². The highest BCUT2D eigenvalue weighted by molar-refractivity contribution is 6.32. The third kappa shape index (κ3) is 14.0. The van der Waals surface area contributed by atoms with Crippen molar-refractivity contribution < 1.29 is 32.2 Å². The standard InChI is InChI=1S/C30H39ClF3N7O4/c1-29(2,17-38-27(43)22-7-9-23(10-8-22)40-28(39-20-35)45-19-30(32,33)34)18-41(26(42)16-37-4)12-5-13-44-25-11-6-21(15-36-3)14-24(25)31/h6-11,14,20,37H,3,5,12-13,15-19H2,1-2,4H3,(H,38,43)(H2,35,39,40). The number of alkyl halides is 3. The van der Waals surface area contributed by atoms with E-state index >= 15 is 0 Å². The molecule has 4 N–H and O–H groups in total. The van der Waals surface area contributed by atoms with Gasteiger partial charge in [0.25, 0.3) is 5.91 Å². The van der Waals surface area contributed by atoms with Crippen LogP contribution < -0.4 is 21.1 Å². The number of nitrogens with zero attached hydrogens (tertiary/aromatic N) is 4. The molecule has 2 aromatic rings. The zero-order valence-corrected chi connectivity index (χ0v) is 26.2. The number of halogens is 4. The highest BCUT2D eigenvalue weighted by Gasteiger charge is 2.29. The Hall–Kier alpha value is -4.17. The van der Waals surface area contributed by atoms with Crippen molar-refractivity contribution in [2.24, 2.45) is 26.1 Å². The van der Waals surface area contributed by atoms with E-state index in [1.807, 2.05) is 19.9 Å². The molecule has 2 amide bonds. The van der Waals surface area contributed by atoms with Crippen LogP contribution in [0.1, 0.15) is 36.2 Å². The first kappa shape index (κ1) is 37.0. The van der Waals surface area contributed by atoms with E-state index in [0.717, 1.165) is 11.9 Å². The maximum absolute atomic E-state index is 12.8. The molecule has 15 heteroatoms. The van der Waals surface area contributed by atoms with Gasteiger partial charge in [0.05, 0.1) is 36.7 Å². The second-order valence-electron chi connectivity index (χ2n) is 10.7. The number of rotatable bonds is 16. The molecule has 0 saturated carbocycles. The molecule has 11 nitrogen and oxygen atoms in total. The smallest absolute Gasteiger partial charge is 0.422 e. The van der Waals surface area contributed by atoms with E-state index in [-0.39, 0.29) is 30.6 Å². The fourth-order valence-electron chi connectivity index (χ4n) is 3.98. The van der Waals surface area contributed by atoms with Gasteiger partial charge in [-0.2, -0.15) is 23.2 Å². The van der Waals surface area contributed by atoms with Gasteiger partial charge in [0, 0.05) is 25.2 Å². The van der Waals surface area contributed by atoms with E-state index in [4.69, 9.17) is 22.1 Å². The number of nitrogens with two attached hydrogens (primary N) is 1. The van der Waals surface area contributed by atoms with Crippen LogP contribution >= 0.6 is 11.6 Å². The summed E-state index contributed by atoms with van der Waals surface area (Å²) in [6.45, 7) is 7.77. The lowest BCUT2D eigenvalue weighted by atomic mass is 9.92. The second kappa shape index (κ2) is 18.0. The first-order valence-corrected chi connectivity index (χ1v) is 14.3. The Morgan fingerprint density at radius 2 is 1.87 bits per heavy atom. The minimum atomic E-state index is -4.57. The molecule has 0 fully saturated rings. The molecular weight excluding hydrogens is 615 g/mol. The van der Waals surface area contributed by atoms with E-state index in [0.29, 0.717) is 49.0 Å². The lowest BCUT2D eigenvalue weighted by molar-refractivity contribution is -0.156. The lowest BCUT2D eigenvalue weighted by Crippen LogP contribution is -2.47. The van der Waals surface area contributed by atoms with Crippen LogP contribution in [0.4, 0.5) is 18.9 Å². The van der Waals surface area contributed by atoms with Crippen molar-refractivity contribution in [1.29, 1.82) is 0 Å². The first-order valence-electron chi connectivity index (χ1n) is 13.9. The van der Waals surface area contributed by atoms with Gasteiger partial charge in [-0.05, 0) is 67.6 Å². The Morgan fingerprint density at radius 1 is 1.16 bits per heavy atom. The molecule has 0 aromatic heterocycles. The van der Waals surface area contributed by atoms with Crippen molar-refractivity contribution in [2.75, 3.05) is 46.4 Å². The summed E-state index contributed by atoms with van der Waals surface area (Å²) in [4.78, 5) is 38.6. The normalized spacial score (nSPS) is 12.2. The number of benzene rings is 2. The Morgan fingerprint density at radius 3 is 2.47 bits per heavy atom. The van der Waals surface area contributed by atoms with E-state index < -0.39 is 24.2 Å². The molecule has 0 aliphatic heterocycles. The number of aliphatic imine (C=N–C) groups is 3. The van der Waals surface area contributed by atoms with Crippen LogP contribution in [0.3, 0.4) is 0 Å². The van der Waals surface area contributed by atoms with Gasteiger partial charge in [-0.25, -0.2) is 0 Å². The van der Waals surface area contributed by atoms with Crippen LogP contribution in [0.2, 0.25) is 5.02 Å². The zero-order chi connectivity index (χ0) is 33.5. The molecule has 0 spiro atoms. The number of carbonyl (C=O) groups is 2. The number of nitrogens with one attached hydrogen (secondary N) is 2. The number of likely N-dealkylation sites (N-methyl/N-ethyl adjacent to an activating group) is 1. The quantitative estimate of drug-likeness (QED) is 0.140. The fourth-order valence-corrected chi connectivity index (χ4v) is 4.24. The lowest BCUT2D eigenvalue weighted by Gasteiger charge is -2.33. The number of carbonyl (C=O) groups excluding carboxylic acids is 2. The van der Waals surface area contributed by atoms with Gasteiger partial charge in [0.2, 0.25) is 5.91 Å². The van der Waals surface area contributed by atoms with Gasteiger partial charge >= 0.3 is 12.2 Å². The number of ether oxygens (including phenoxy) is 2. The maximum atomic E-state index is 12.8. The number of hydrogen-bond acceptors (Lipinski definition) is 7. The van der Waals surface area contributed by atoms with Crippen molar-refractivity contribution in [3.05, 3.63) is 58.6 Å². The number of amidine groups is 1. The van der Waals surface area contributed by atoms with Gasteiger partial charge in [0.15, 0.2) is 6.61 Å². The van der Waals surface area contributed by atoms with Crippen molar-refractivity contribution >= 4 is 48.2 Å². The van der Waals surface area contributed by atoms with Crippen molar-refractivity contribution in [3.8, 4) is 5.75 Å². The zero-order valence-electron chi connectivity index (χ0n) is 25.5. The number of hydrogen-bond donors (Lipinski definition) is 3. The SMILES string of the molecule is C=NCc1ccc(OCCCN(CC(C)(C)CNC(=O)c2ccc(N=C(/N=C/N)OCC(F)(F)F)cc2)C(=O)CNC)c(Cl)c1. The first-order chi connectivity index (χ1) is 21.3. The Labute approximate surface area is 265 Å². The molecule has 0 heterocycles. The van der Waals surface area contributed by atoms with Gasteiger partial charge in [0.1, 0.15) is 5.75 Å². The predicted molar refractivity (Wildman–Crippen MR) is 170 cm³/mol. The highest BCUT2D eigenvalue weighted by atomic mass is 35.5. The van der Waals surface area contributed by atoms with Crippen LogP contribution in [-0.2, 0) is 16.1 Å².